The van der Waals surface area contributed by atoms with Gasteiger partial charge in [0.15, 0.2) is 5.82 Å². The van der Waals surface area contributed by atoms with Crippen LogP contribution in [0.15, 0.2) is 10.7 Å². The Labute approximate surface area is 118 Å². The molecule has 2 aromatic rings. The summed E-state index contributed by atoms with van der Waals surface area (Å²) in [5.41, 5.74) is 0.907. The van der Waals surface area contributed by atoms with Crippen molar-refractivity contribution in [2.75, 3.05) is 0 Å². The van der Waals surface area contributed by atoms with Crippen LogP contribution in [0.2, 0.25) is 0 Å². The van der Waals surface area contributed by atoms with E-state index in [4.69, 9.17) is 4.52 Å². The second-order valence-electron chi connectivity index (χ2n) is 5.65. The van der Waals surface area contributed by atoms with E-state index in [0.717, 1.165) is 12.1 Å². The van der Waals surface area contributed by atoms with Crippen molar-refractivity contribution >= 4 is 0 Å². The number of hydrogen-bond acceptors (Lipinski definition) is 6. The maximum absolute atomic E-state index is 5.20. The summed E-state index contributed by atoms with van der Waals surface area (Å²) in [6.07, 6.45) is 2.70. The molecule has 20 heavy (non-hydrogen) atoms. The molecule has 0 saturated carbocycles. The fourth-order valence-corrected chi connectivity index (χ4v) is 1.74. The zero-order valence-corrected chi connectivity index (χ0v) is 12.5. The van der Waals surface area contributed by atoms with Gasteiger partial charge in [-0.2, -0.15) is 4.98 Å². The lowest BCUT2D eigenvalue weighted by atomic mass is 10.1. The summed E-state index contributed by atoms with van der Waals surface area (Å²) in [5.74, 6) is 1.81. The van der Waals surface area contributed by atoms with Crippen LogP contribution in [-0.4, -0.2) is 31.2 Å². The fourth-order valence-electron chi connectivity index (χ4n) is 1.74. The third-order valence-corrected chi connectivity index (χ3v) is 2.67. The molecule has 0 aliphatic carbocycles. The van der Waals surface area contributed by atoms with E-state index in [1.807, 2.05) is 6.20 Å². The van der Waals surface area contributed by atoms with E-state index in [2.05, 4.69) is 53.5 Å². The molecule has 0 bridgehead atoms. The molecule has 0 saturated heterocycles. The Morgan fingerprint density at radius 3 is 2.80 bits per heavy atom. The van der Waals surface area contributed by atoms with Gasteiger partial charge in [-0.25, -0.2) is 4.68 Å². The molecule has 110 valence electrons. The lowest BCUT2D eigenvalue weighted by molar-refractivity contribution is 0.357. The molecule has 2 aromatic heterocycles. The Bertz CT molecular complexity index is 530. The number of nitrogens with zero attached hydrogens (tertiary/aromatic N) is 5. The Balaban J connectivity index is 1.91. The van der Waals surface area contributed by atoms with Crippen molar-refractivity contribution in [3.05, 3.63) is 23.6 Å². The summed E-state index contributed by atoms with van der Waals surface area (Å²) in [7, 11) is 0. The first-order chi connectivity index (χ1) is 9.52. The highest BCUT2D eigenvalue weighted by atomic mass is 16.5. The highest BCUT2D eigenvalue weighted by Crippen LogP contribution is 2.06. The number of rotatable bonds is 7. The van der Waals surface area contributed by atoms with E-state index < -0.39 is 0 Å². The number of nitrogens with one attached hydrogen (secondary N) is 1. The van der Waals surface area contributed by atoms with Crippen LogP contribution in [0, 0.1) is 5.92 Å². The van der Waals surface area contributed by atoms with Gasteiger partial charge in [-0.3, -0.25) is 0 Å². The van der Waals surface area contributed by atoms with E-state index in [0.29, 0.717) is 36.8 Å². The average Bonchev–Trinajstić information content (AvgIpc) is 2.96. The van der Waals surface area contributed by atoms with Crippen LogP contribution in [0.5, 0.6) is 0 Å². The van der Waals surface area contributed by atoms with Crippen LogP contribution >= 0.6 is 0 Å². The first-order valence-corrected chi connectivity index (χ1v) is 6.96. The standard InChI is InChI=1S/C13H22N6O/c1-9(2)5-13-15-12(17-20-13)8-19-7-11(16-18-19)6-14-10(3)4/h7,9-10,14H,5-6,8H2,1-4H3. The normalized spacial score (nSPS) is 11.7. The Morgan fingerprint density at radius 1 is 1.30 bits per heavy atom. The van der Waals surface area contributed by atoms with Crippen molar-refractivity contribution in [3.63, 3.8) is 0 Å². The molecule has 1 N–H and O–H groups in total. The van der Waals surface area contributed by atoms with E-state index in [1.165, 1.54) is 0 Å². The van der Waals surface area contributed by atoms with Crippen molar-refractivity contribution in [1.29, 1.82) is 0 Å². The molecule has 0 aliphatic rings. The molecule has 0 aliphatic heterocycles. The second kappa shape index (κ2) is 6.60. The van der Waals surface area contributed by atoms with Gasteiger partial charge >= 0.3 is 0 Å². The maximum Gasteiger partial charge on any atom is 0.226 e. The first kappa shape index (κ1) is 14.6. The SMILES string of the molecule is CC(C)Cc1nc(Cn2cc(CNC(C)C)nn2)no1. The molecule has 0 fully saturated rings. The van der Waals surface area contributed by atoms with Crippen LogP contribution in [-0.2, 0) is 19.5 Å². The Morgan fingerprint density at radius 2 is 2.10 bits per heavy atom. The molecule has 0 amide bonds. The summed E-state index contributed by atoms with van der Waals surface area (Å²) in [5, 5.41) is 15.4. The van der Waals surface area contributed by atoms with Crippen molar-refractivity contribution in [3.8, 4) is 0 Å². The lowest BCUT2D eigenvalue weighted by Gasteiger charge is -2.03. The zero-order chi connectivity index (χ0) is 14.5. The van der Waals surface area contributed by atoms with Gasteiger partial charge in [0.1, 0.15) is 6.54 Å². The molecule has 0 atom stereocenters. The summed E-state index contributed by atoms with van der Waals surface area (Å²) in [4.78, 5) is 4.35. The largest absolute Gasteiger partial charge is 0.339 e. The molecule has 0 spiro atoms. The second-order valence-corrected chi connectivity index (χ2v) is 5.65. The summed E-state index contributed by atoms with van der Waals surface area (Å²) in [6, 6.07) is 0.427. The van der Waals surface area contributed by atoms with Gasteiger partial charge in [-0.1, -0.05) is 38.1 Å². The fraction of sp³-hybridized carbons (Fsp3) is 0.692. The Hall–Kier alpha value is -1.76. The van der Waals surface area contributed by atoms with Gasteiger partial charge in [0.05, 0.1) is 11.9 Å². The van der Waals surface area contributed by atoms with Crippen molar-refractivity contribution in [2.24, 2.45) is 5.92 Å². The van der Waals surface area contributed by atoms with Gasteiger partial charge in [0.2, 0.25) is 5.89 Å². The summed E-state index contributed by atoms with van der Waals surface area (Å²) >= 11 is 0. The Kier molecular flexibility index (Phi) is 4.84. The van der Waals surface area contributed by atoms with Gasteiger partial charge in [-0.15, -0.1) is 5.10 Å². The zero-order valence-electron chi connectivity index (χ0n) is 12.5. The summed E-state index contributed by atoms with van der Waals surface area (Å²) < 4.78 is 6.92. The highest BCUT2D eigenvalue weighted by Gasteiger charge is 2.10. The third-order valence-electron chi connectivity index (χ3n) is 2.67. The number of hydrogen-bond donors (Lipinski definition) is 1. The minimum Gasteiger partial charge on any atom is -0.339 e. The van der Waals surface area contributed by atoms with Crippen LogP contribution in [0.3, 0.4) is 0 Å². The minimum atomic E-state index is 0.427. The van der Waals surface area contributed by atoms with Crippen LogP contribution in [0.4, 0.5) is 0 Å². The predicted octanol–water partition coefficient (Wildman–Crippen LogP) is 1.41. The average molecular weight is 278 g/mol. The first-order valence-electron chi connectivity index (χ1n) is 6.96. The quantitative estimate of drug-likeness (QED) is 0.824. The van der Waals surface area contributed by atoms with Gasteiger partial charge < -0.3 is 9.84 Å². The van der Waals surface area contributed by atoms with Crippen molar-refractivity contribution < 1.29 is 4.52 Å². The molecule has 2 rings (SSSR count). The van der Waals surface area contributed by atoms with E-state index in [9.17, 15) is 0 Å². The summed E-state index contributed by atoms with van der Waals surface area (Å²) in [6.45, 7) is 9.63. The molecular weight excluding hydrogens is 256 g/mol. The lowest BCUT2D eigenvalue weighted by Crippen LogP contribution is -2.21. The van der Waals surface area contributed by atoms with E-state index in [1.54, 1.807) is 4.68 Å². The molecule has 0 aromatic carbocycles. The number of aromatic nitrogens is 5. The monoisotopic (exact) mass is 278 g/mol. The minimum absolute atomic E-state index is 0.427. The molecule has 7 nitrogen and oxygen atoms in total. The van der Waals surface area contributed by atoms with Crippen molar-refractivity contribution in [2.45, 2.75) is 53.2 Å². The van der Waals surface area contributed by atoms with Crippen molar-refractivity contribution in [1.82, 2.24) is 30.5 Å². The van der Waals surface area contributed by atoms with Crippen LogP contribution < -0.4 is 5.32 Å². The maximum atomic E-state index is 5.20. The molecule has 0 unspecified atom stereocenters. The topological polar surface area (TPSA) is 81.7 Å². The highest BCUT2D eigenvalue weighted by molar-refractivity contribution is 4.94. The van der Waals surface area contributed by atoms with Crippen LogP contribution in [0.25, 0.3) is 0 Å². The molecular formula is C13H22N6O. The molecule has 7 heteroatoms. The van der Waals surface area contributed by atoms with Gasteiger partial charge in [0, 0.05) is 19.0 Å². The van der Waals surface area contributed by atoms with E-state index >= 15 is 0 Å². The van der Waals surface area contributed by atoms with Gasteiger partial charge in [0.25, 0.3) is 0 Å². The smallest absolute Gasteiger partial charge is 0.226 e. The predicted molar refractivity (Wildman–Crippen MR) is 73.9 cm³/mol. The van der Waals surface area contributed by atoms with E-state index in [-0.39, 0.29) is 0 Å². The molecule has 0 radical (unpaired) electrons. The van der Waals surface area contributed by atoms with Crippen LogP contribution in [0.1, 0.15) is 45.1 Å². The molecule has 2 heterocycles. The third kappa shape index (κ3) is 4.41. The van der Waals surface area contributed by atoms with Gasteiger partial charge in [-0.05, 0) is 5.92 Å².